The van der Waals surface area contributed by atoms with E-state index in [0.29, 0.717) is 53.1 Å². The van der Waals surface area contributed by atoms with Crippen molar-refractivity contribution in [2.24, 2.45) is 0 Å². The first kappa shape index (κ1) is 28.8. The molecule has 4 amide bonds. The van der Waals surface area contributed by atoms with Gasteiger partial charge in [0.25, 0.3) is 0 Å². The summed E-state index contributed by atoms with van der Waals surface area (Å²) in [5, 5.41) is 6.62. The van der Waals surface area contributed by atoms with Gasteiger partial charge >= 0.3 is 18.0 Å². The van der Waals surface area contributed by atoms with E-state index in [4.69, 9.17) is 27.9 Å². The molecule has 1 saturated heterocycles. The van der Waals surface area contributed by atoms with Crippen molar-refractivity contribution in [1.82, 2.24) is 25.3 Å². The number of piperazine rings is 1. The number of carbonyl (C=O) groups is 3. The van der Waals surface area contributed by atoms with E-state index in [-0.39, 0.29) is 37.3 Å². The molecule has 1 aromatic rings. The topological polar surface area (TPSA) is 94.2 Å². The number of hydrogen-bond donors (Lipinski definition) is 2. The molecule has 2 heterocycles. The van der Waals surface area contributed by atoms with Crippen molar-refractivity contribution in [3.8, 4) is 0 Å². The first-order valence-corrected chi connectivity index (χ1v) is 13.2. The minimum atomic E-state index is -0.817. The maximum absolute atomic E-state index is 13.3. The lowest BCUT2D eigenvalue weighted by molar-refractivity contribution is -0.139. The van der Waals surface area contributed by atoms with Gasteiger partial charge in [-0.05, 0) is 45.4 Å². The second-order valence-corrected chi connectivity index (χ2v) is 10.3. The Morgan fingerprint density at radius 1 is 1.30 bits per heavy atom. The van der Waals surface area contributed by atoms with Gasteiger partial charge in [-0.2, -0.15) is 0 Å². The van der Waals surface area contributed by atoms with Crippen LogP contribution in [0.3, 0.4) is 0 Å². The number of carbonyl (C=O) groups excluding carboxylic acids is 3. The fraction of sp³-hybridized carbons (Fsp3) is 0.500. The standard InChI is InChI=1S/C26H35Cl2N5O4/c1-6-10-33-21(15-31-11-12-32(17(5)14-31)25(35)29-16(3)4)22(24(34)37-7-2)23(30-26(33)36)19-9-8-18(27)13-20(19)28/h6,8-9,13,16-17,23H,1,7,10-12,14-15H2,2-5H3,(H,29,35)(H,30,36). The molecular formula is C26H35Cl2N5O4. The van der Waals surface area contributed by atoms with E-state index < -0.39 is 12.0 Å². The van der Waals surface area contributed by atoms with Crippen LogP contribution in [0.25, 0.3) is 0 Å². The van der Waals surface area contributed by atoms with Gasteiger partial charge in [0.1, 0.15) is 0 Å². The summed E-state index contributed by atoms with van der Waals surface area (Å²) in [6.07, 6.45) is 1.61. The maximum atomic E-state index is 13.3. The zero-order valence-electron chi connectivity index (χ0n) is 21.7. The van der Waals surface area contributed by atoms with Crippen LogP contribution in [-0.4, -0.2) is 84.1 Å². The summed E-state index contributed by atoms with van der Waals surface area (Å²) in [5.41, 5.74) is 1.37. The molecule has 2 aliphatic rings. The lowest BCUT2D eigenvalue weighted by atomic mass is 9.93. The number of esters is 1. The van der Waals surface area contributed by atoms with Crippen LogP contribution in [-0.2, 0) is 9.53 Å². The van der Waals surface area contributed by atoms with Crippen molar-refractivity contribution < 1.29 is 19.1 Å². The van der Waals surface area contributed by atoms with Gasteiger partial charge in [-0.1, -0.05) is 35.3 Å². The molecule has 2 N–H and O–H groups in total. The summed E-state index contributed by atoms with van der Waals surface area (Å²) < 4.78 is 5.43. The number of ether oxygens (including phenoxy) is 1. The lowest BCUT2D eigenvalue weighted by Crippen LogP contribution is -2.58. The third-order valence-corrected chi connectivity index (χ3v) is 6.84. The highest BCUT2D eigenvalue weighted by Gasteiger charge is 2.40. The van der Waals surface area contributed by atoms with Crippen molar-refractivity contribution in [2.45, 2.75) is 45.8 Å². The van der Waals surface area contributed by atoms with Gasteiger partial charge in [0.2, 0.25) is 0 Å². The summed E-state index contributed by atoms with van der Waals surface area (Å²) >= 11 is 12.6. The van der Waals surface area contributed by atoms with E-state index in [0.717, 1.165) is 0 Å². The van der Waals surface area contributed by atoms with E-state index in [2.05, 4.69) is 22.1 Å². The van der Waals surface area contributed by atoms with Crippen LogP contribution < -0.4 is 10.6 Å². The maximum Gasteiger partial charge on any atom is 0.338 e. The molecule has 3 rings (SSSR count). The van der Waals surface area contributed by atoms with Crippen molar-refractivity contribution in [3.63, 3.8) is 0 Å². The van der Waals surface area contributed by atoms with Crippen LogP contribution >= 0.6 is 23.2 Å². The zero-order chi connectivity index (χ0) is 27.3. The van der Waals surface area contributed by atoms with Gasteiger partial charge in [0, 0.05) is 60.5 Å². The number of urea groups is 2. The van der Waals surface area contributed by atoms with Gasteiger partial charge in [-0.25, -0.2) is 14.4 Å². The summed E-state index contributed by atoms with van der Waals surface area (Å²) in [6, 6.07) is 3.62. The Morgan fingerprint density at radius 2 is 2.03 bits per heavy atom. The summed E-state index contributed by atoms with van der Waals surface area (Å²) in [7, 11) is 0. The quantitative estimate of drug-likeness (QED) is 0.373. The third-order valence-electron chi connectivity index (χ3n) is 6.28. The average Bonchev–Trinajstić information content (AvgIpc) is 2.81. The molecule has 0 bridgehead atoms. The Morgan fingerprint density at radius 3 is 2.62 bits per heavy atom. The molecule has 0 aromatic heterocycles. The van der Waals surface area contributed by atoms with Crippen LogP contribution in [0.1, 0.15) is 39.3 Å². The highest BCUT2D eigenvalue weighted by molar-refractivity contribution is 6.35. The first-order valence-electron chi connectivity index (χ1n) is 12.4. The van der Waals surface area contributed by atoms with Crippen LogP contribution in [0, 0.1) is 0 Å². The number of nitrogens with one attached hydrogen (secondary N) is 2. The van der Waals surface area contributed by atoms with Gasteiger partial charge in [0.05, 0.1) is 18.2 Å². The Kier molecular flexibility index (Phi) is 9.87. The second-order valence-electron chi connectivity index (χ2n) is 9.41. The fourth-order valence-corrected chi connectivity index (χ4v) is 5.15. The normalized spacial score (nSPS) is 20.7. The van der Waals surface area contributed by atoms with Gasteiger partial charge < -0.3 is 20.3 Å². The summed E-state index contributed by atoms with van der Waals surface area (Å²) in [4.78, 5) is 44.6. The molecule has 9 nitrogen and oxygen atoms in total. The van der Waals surface area contributed by atoms with Crippen molar-refractivity contribution in [2.75, 3.05) is 39.3 Å². The highest BCUT2D eigenvalue weighted by atomic mass is 35.5. The average molecular weight is 553 g/mol. The van der Waals surface area contributed by atoms with Crippen molar-refractivity contribution >= 4 is 41.2 Å². The van der Waals surface area contributed by atoms with Crippen LogP contribution in [0.2, 0.25) is 10.0 Å². The Labute approximate surface area is 228 Å². The smallest absolute Gasteiger partial charge is 0.338 e. The molecule has 0 spiro atoms. The largest absolute Gasteiger partial charge is 0.463 e. The molecular weight excluding hydrogens is 517 g/mol. The zero-order valence-corrected chi connectivity index (χ0v) is 23.2. The number of benzene rings is 1. The van der Waals surface area contributed by atoms with E-state index in [9.17, 15) is 14.4 Å². The summed E-state index contributed by atoms with van der Waals surface area (Å²) in [6.45, 7) is 13.7. The van der Waals surface area contributed by atoms with E-state index in [1.165, 1.54) is 4.90 Å². The number of hydrogen-bond acceptors (Lipinski definition) is 5. The van der Waals surface area contributed by atoms with Crippen molar-refractivity contribution in [1.29, 1.82) is 0 Å². The monoisotopic (exact) mass is 551 g/mol. The molecule has 37 heavy (non-hydrogen) atoms. The van der Waals surface area contributed by atoms with E-state index in [1.54, 1.807) is 31.2 Å². The molecule has 2 unspecified atom stereocenters. The van der Waals surface area contributed by atoms with Gasteiger partial charge in [-0.15, -0.1) is 6.58 Å². The lowest BCUT2D eigenvalue weighted by Gasteiger charge is -2.43. The summed E-state index contributed by atoms with van der Waals surface area (Å²) in [5.74, 6) is -0.537. The van der Waals surface area contributed by atoms with E-state index >= 15 is 0 Å². The fourth-order valence-electron chi connectivity index (χ4n) is 4.63. The first-order chi connectivity index (χ1) is 17.6. The van der Waals surface area contributed by atoms with Gasteiger partial charge in [0.15, 0.2) is 0 Å². The molecule has 1 aromatic carbocycles. The second kappa shape index (κ2) is 12.7. The number of halogens is 2. The third kappa shape index (κ3) is 6.77. The number of rotatable bonds is 8. The highest BCUT2D eigenvalue weighted by Crippen LogP contribution is 2.36. The molecule has 0 radical (unpaired) electrons. The Bertz CT molecular complexity index is 1080. The molecule has 2 aliphatic heterocycles. The van der Waals surface area contributed by atoms with Crippen LogP contribution in [0.5, 0.6) is 0 Å². The predicted molar refractivity (Wildman–Crippen MR) is 145 cm³/mol. The van der Waals surface area contributed by atoms with Gasteiger partial charge in [-0.3, -0.25) is 9.80 Å². The minimum absolute atomic E-state index is 0.0415. The molecule has 0 saturated carbocycles. The predicted octanol–water partition coefficient (Wildman–Crippen LogP) is 4.19. The Balaban J connectivity index is 2.00. The molecule has 0 aliphatic carbocycles. The number of nitrogens with zero attached hydrogens (tertiary/aromatic N) is 3. The molecule has 2 atom stereocenters. The van der Waals surface area contributed by atoms with Crippen LogP contribution in [0.4, 0.5) is 9.59 Å². The molecule has 202 valence electrons. The van der Waals surface area contributed by atoms with E-state index in [1.807, 2.05) is 25.7 Å². The van der Waals surface area contributed by atoms with Crippen molar-refractivity contribution in [3.05, 3.63) is 57.7 Å². The molecule has 11 heteroatoms. The SMILES string of the molecule is C=CCN1C(=O)NC(c2ccc(Cl)cc2Cl)C(C(=O)OCC)=C1CN1CCN(C(=O)NC(C)C)C(C)C1. The molecule has 1 fully saturated rings. The minimum Gasteiger partial charge on any atom is -0.463 e. The van der Waals surface area contributed by atoms with Crippen LogP contribution in [0.15, 0.2) is 42.1 Å². The Hall–Kier alpha value is -2.75. The number of amides is 4.